The summed E-state index contributed by atoms with van der Waals surface area (Å²) < 4.78 is 13.0. The zero-order valence-corrected chi connectivity index (χ0v) is 15.6. The lowest BCUT2D eigenvalue weighted by atomic mass is 9.97. The van der Waals surface area contributed by atoms with Crippen LogP contribution in [0.25, 0.3) is 0 Å². The summed E-state index contributed by atoms with van der Waals surface area (Å²) in [5.41, 5.74) is 1.70. The highest BCUT2D eigenvalue weighted by atomic mass is 19.1. The number of Topliss-reactive ketones (excluding diaryl/α,β-unsaturated/α-hetero) is 1. The van der Waals surface area contributed by atoms with Crippen molar-refractivity contribution in [3.8, 4) is 0 Å². The summed E-state index contributed by atoms with van der Waals surface area (Å²) >= 11 is 0. The van der Waals surface area contributed by atoms with Gasteiger partial charge in [-0.1, -0.05) is 37.3 Å². The van der Waals surface area contributed by atoms with E-state index in [1.165, 1.54) is 29.8 Å². The maximum atomic E-state index is 13.0. The SMILES string of the molecule is CC(CC(=O)N1CCN(CC(=O)c2ccc(F)cc2)CC1)c1ccccc1. The van der Waals surface area contributed by atoms with Crippen LogP contribution in [0.5, 0.6) is 0 Å². The van der Waals surface area contributed by atoms with Crippen molar-refractivity contribution in [3.05, 3.63) is 71.5 Å². The zero-order chi connectivity index (χ0) is 19.2. The molecule has 1 fully saturated rings. The lowest BCUT2D eigenvalue weighted by molar-refractivity contribution is -0.133. The highest BCUT2D eigenvalue weighted by Gasteiger charge is 2.24. The molecule has 2 aromatic carbocycles. The molecule has 4 nitrogen and oxygen atoms in total. The van der Waals surface area contributed by atoms with E-state index in [1.54, 1.807) is 0 Å². The Hall–Kier alpha value is -2.53. The molecule has 0 spiro atoms. The van der Waals surface area contributed by atoms with Gasteiger partial charge in [-0.2, -0.15) is 0 Å². The Labute approximate surface area is 159 Å². The van der Waals surface area contributed by atoms with Crippen LogP contribution in [0.4, 0.5) is 4.39 Å². The van der Waals surface area contributed by atoms with Crippen molar-refractivity contribution in [2.75, 3.05) is 32.7 Å². The zero-order valence-electron chi connectivity index (χ0n) is 15.6. The minimum atomic E-state index is -0.344. The number of carbonyl (C=O) groups is 2. The van der Waals surface area contributed by atoms with Crippen molar-refractivity contribution >= 4 is 11.7 Å². The first-order valence-electron chi connectivity index (χ1n) is 9.37. The molecule has 1 amide bonds. The second kappa shape index (κ2) is 8.91. The number of hydrogen-bond donors (Lipinski definition) is 0. The van der Waals surface area contributed by atoms with E-state index in [1.807, 2.05) is 23.1 Å². The molecule has 3 rings (SSSR count). The number of piperazine rings is 1. The molecule has 5 heteroatoms. The van der Waals surface area contributed by atoms with Crippen molar-refractivity contribution in [2.45, 2.75) is 19.3 Å². The molecule has 1 heterocycles. The molecule has 1 aliphatic heterocycles. The average molecular weight is 368 g/mol. The molecule has 2 aromatic rings. The summed E-state index contributed by atoms with van der Waals surface area (Å²) in [4.78, 5) is 28.8. The van der Waals surface area contributed by atoms with Gasteiger partial charge in [-0.15, -0.1) is 0 Å². The first-order chi connectivity index (χ1) is 13.0. The van der Waals surface area contributed by atoms with Crippen LogP contribution < -0.4 is 0 Å². The van der Waals surface area contributed by atoms with Crippen molar-refractivity contribution < 1.29 is 14.0 Å². The first-order valence-corrected chi connectivity index (χ1v) is 9.37. The highest BCUT2D eigenvalue weighted by molar-refractivity contribution is 5.97. The molecular formula is C22H25FN2O2. The van der Waals surface area contributed by atoms with E-state index < -0.39 is 0 Å². The summed E-state index contributed by atoms with van der Waals surface area (Å²) in [5, 5.41) is 0. The second-order valence-electron chi connectivity index (χ2n) is 7.10. The molecule has 0 aromatic heterocycles. The quantitative estimate of drug-likeness (QED) is 0.734. The number of ketones is 1. The van der Waals surface area contributed by atoms with Crippen LogP contribution >= 0.6 is 0 Å². The average Bonchev–Trinajstić information content (AvgIpc) is 2.69. The number of benzene rings is 2. The summed E-state index contributed by atoms with van der Waals surface area (Å²) in [5.74, 6) is -0.0106. The van der Waals surface area contributed by atoms with Gasteiger partial charge in [-0.05, 0) is 35.7 Å². The standard InChI is InChI=1S/C22H25FN2O2/c1-17(18-5-3-2-4-6-18)15-22(27)25-13-11-24(12-14-25)16-21(26)19-7-9-20(23)10-8-19/h2-10,17H,11-16H2,1H3. The van der Waals surface area contributed by atoms with Crippen LogP contribution in [-0.4, -0.2) is 54.2 Å². The van der Waals surface area contributed by atoms with Gasteiger partial charge in [0.05, 0.1) is 6.54 Å². The Kier molecular flexibility index (Phi) is 6.35. The molecule has 27 heavy (non-hydrogen) atoms. The van der Waals surface area contributed by atoms with Gasteiger partial charge in [0.2, 0.25) is 5.91 Å². The predicted molar refractivity (Wildman–Crippen MR) is 103 cm³/mol. The fourth-order valence-corrected chi connectivity index (χ4v) is 3.38. The van der Waals surface area contributed by atoms with Crippen LogP contribution in [0.15, 0.2) is 54.6 Å². The van der Waals surface area contributed by atoms with E-state index in [0.29, 0.717) is 44.7 Å². The first kappa shape index (κ1) is 19.2. The molecule has 142 valence electrons. The van der Waals surface area contributed by atoms with E-state index in [4.69, 9.17) is 0 Å². The number of carbonyl (C=O) groups excluding carboxylic acids is 2. The molecule has 1 atom stereocenters. The summed E-state index contributed by atoms with van der Waals surface area (Å²) in [6.45, 7) is 5.00. The molecule has 0 bridgehead atoms. The number of halogens is 1. The lowest BCUT2D eigenvalue weighted by Crippen LogP contribution is -2.50. The smallest absolute Gasteiger partial charge is 0.223 e. The molecule has 0 aliphatic carbocycles. The van der Waals surface area contributed by atoms with E-state index in [-0.39, 0.29) is 23.4 Å². The topological polar surface area (TPSA) is 40.6 Å². The molecule has 1 saturated heterocycles. The Bertz CT molecular complexity index is 769. The summed E-state index contributed by atoms with van der Waals surface area (Å²) in [6, 6.07) is 15.7. The van der Waals surface area contributed by atoms with Crippen LogP contribution in [0.2, 0.25) is 0 Å². The van der Waals surface area contributed by atoms with E-state index >= 15 is 0 Å². The summed E-state index contributed by atoms with van der Waals surface area (Å²) in [6.07, 6.45) is 0.499. The van der Waals surface area contributed by atoms with Crippen molar-refractivity contribution in [2.24, 2.45) is 0 Å². The van der Waals surface area contributed by atoms with Crippen LogP contribution in [0.1, 0.15) is 35.2 Å². The Balaban J connectivity index is 1.46. The third-order valence-corrected chi connectivity index (χ3v) is 5.11. The minimum absolute atomic E-state index is 0.0209. The van der Waals surface area contributed by atoms with Crippen LogP contribution in [0.3, 0.4) is 0 Å². The number of amides is 1. The fraction of sp³-hybridized carbons (Fsp3) is 0.364. The van der Waals surface area contributed by atoms with Gasteiger partial charge in [-0.25, -0.2) is 4.39 Å². The van der Waals surface area contributed by atoms with Gasteiger partial charge in [0, 0.05) is 38.2 Å². The van der Waals surface area contributed by atoms with Gasteiger partial charge in [0.1, 0.15) is 5.82 Å². The third kappa shape index (κ3) is 5.23. The van der Waals surface area contributed by atoms with Crippen molar-refractivity contribution in [1.82, 2.24) is 9.80 Å². The number of nitrogens with zero attached hydrogens (tertiary/aromatic N) is 2. The molecule has 0 radical (unpaired) electrons. The lowest BCUT2D eigenvalue weighted by Gasteiger charge is -2.35. The van der Waals surface area contributed by atoms with Crippen LogP contribution in [-0.2, 0) is 4.79 Å². The number of rotatable bonds is 6. The molecular weight excluding hydrogens is 343 g/mol. The van der Waals surface area contributed by atoms with Gasteiger partial charge in [0.15, 0.2) is 5.78 Å². The van der Waals surface area contributed by atoms with Gasteiger partial charge < -0.3 is 4.90 Å². The Morgan fingerprint density at radius 3 is 2.22 bits per heavy atom. The maximum Gasteiger partial charge on any atom is 0.223 e. The van der Waals surface area contributed by atoms with Gasteiger partial charge in [0.25, 0.3) is 0 Å². The van der Waals surface area contributed by atoms with E-state index in [2.05, 4.69) is 24.0 Å². The van der Waals surface area contributed by atoms with Gasteiger partial charge >= 0.3 is 0 Å². The van der Waals surface area contributed by atoms with Crippen LogP contribution in [0, 0.1) is 5.82 Å². The summed E-state index contributed by atoms with van der Waals surface area (Å²) in [7, 11) is 0. The van der Waals surface area contributed by atoms with Crippen molar-refractivity contribution in [1.29, 1.82) is 0 Å². The van der Waals surface area contributed by atoms with Gasteiger partial charge in [-0.3, -0.25) is 14.5 Å². The van der Waals surface area contributed by atoms with E-state index in [0.717, 1.165) is 0 Å². The molecule has 0 N–H and O–H groups in total. The second-order valence-corrected chi connectivity index (χ2v) is 7.10. The Morgan fingerprint density at radius 1 is 0.963 bits per heavy atom. The maximum absolute atomic E-state index is 13.0. The van der Waals surface area contributed by atoms with E-state index in [9.17, 15) is 14.0 Å². The highest BCUT2D eigenvalue weighted by Crippen LogP contribution is 2.20. The molecule has 1 unspecified atom stereocenters. The minimum Gasteiger partial charge on any atom is -0.340 e. The monoisotopic (exact) mass is 368 g/mol. The molecule has 1 aliphatic rings. The predicted octanol–water partition coefficient (Wildman–Crippen LogP) is 3.35. The third-order valence-electron chi connectivity index (χ3n) is 5.11. The molecule has 0 saturated carbocycles. The fourth-order valence-electron chi connectivity index (χ4n) is 3.38. The normalized spacial score (nSPS) is 16.1. The largest absolute Gasteiger partial charge is 0.340 e. The van der Waals surface area contributed by atoms with Crippen molar-refractivity contribution in [3.63, 3.8) is 0 Å². The number of hydrogen-bond acceptors (Lipinski definition) is 3. The Morgan fingerprint density at radius 2 is 1.59 bits per heavy atom.